The molecule has 144 valence electrons. The van der Waals surface area contributed by atoms with Gasteiger partial charge in [0.05, 0.1) is 0 Å². The van der Waals surface area contributed by atoms with E-state index in [0.29, 0.717) is 28.6 Å². The van der Waals surface area contributed by atoms with E-state index in [1.165, 1.54) is 44.2 Å². The Bertz CT molecular complexity index is 788. The maximum atomic E-state index is 13.2. The highest BCUT2D eigenvalue weighted by Gasteiger charge is 2.31. The van der Waals surface area contributed by atoms with Gasteiger partial charge in [-0.2, -0.15) is 0 Å². The van der Waals surface area contributed by atoms with Gasteiger partial charge in [-0.15, -0.1) is 0 Å². The number of aromatic nitrogens is 1. The zero-order valence-corrected chi connectivity index (χ0v) is 15.8. The van der Waals surface area contributed by atoms with E-state index in [9.17, 15) is 9.18 Å². The molecule has 5 nitrogen and oxygen atoms in total. The number of nitrogens with zero attached hydrogens (tertiary/aromatic N) is 3. The third-order valence-electron chi connectivity index (χ3n) is 5.89. The molecule has 1 amide bonds. The molecule has 1 aliphatic heterocycles. The molecule has 6 heteroatoms. The molecular formula is C21H26FN3O2. The Morgan fingerprint density at radius 1 is 1.07 bits per heavy atom. The summed E-state index contributed by atoms with van der Waals surface area (Å²) in [5.41, 5.74) is 1.68. The quantitative estimate of drug-likeness (QED) is 0.822. The average Bonchev–Trinajstić information content (AvgIpc) is 3.10. The highest BCUT2D eigenvalue weighted by Crippen LogP contribution is 2.28. The molecule has 4 rings (SSSR count). The van der Waals surface area contributed by atoms with Crippen LogP contribution in [0.25, 0.3) is 11.3 Å². The molecule has 1 saturated carbocycles. The van der Waals surface area contributed by atoms with E-state index in [1.807, 2.05) is 4.90 Å². The molecule has 2 fully saturated rings. The van der Waals surface area contributed by atoms with E-state index in [-0.39, 0.29) is 11.7 Å². The fourth-order valence-corrected chi connectivity index (χ4v) is 4.32. The molecule has 2 heterocycles. The van der Waals surface area contributed by atoms with E-state index in [1.54, 1.807) is 19.1 Å². The fourth-order valence-electron chi connectivity index (χ4n) is 4.32. The summed E-state index contributed by atoms with van der Waals surface area (Å²) >= 11 is 0. The van der Waals surface area contributed by atoms with E-state index >= 15 is 0 Å². The maximum Gasteiger partial charge on any atom is 0.259 e. The first-order valence-electron chi connectivity index (χ1n) is 9.89. The number of carbonyl (C=O) groups is 1. The Morgan fingerprint density at radius 2 is 1.74 bits per heavy atom. The summed E-state index contributed by atoms with van der Waals surface area (Å²) in [7, 11) is 0. The van der Waals surface area contributed by atoms with Crippen LogP contribution in [0.4, 0.5) is 4.39 Å². The second-order valence-electron chi connectivity index (χ2n) is 7.59. The number of amides is 1. The number of hydrogen-bond donors (Lipinski definition) is 0. The molecule has 0 unspecified atom stereocenters. The second-order valence-corrected chi connectivity index (χ2v) is 7.59. The van der Waals surface area contributed by atoms with Gasteiger partial charge >= 0.3 is 0 Å². The number of benzene rings is 1. The number of hydrogen-bond acceptors (Lipinski definition) is 4. The summed E-state index contributed by atoms with van der Waals surface area (Å²) in [6.07, 6.45) is 6.57. The van der Waals surface area contributed by atoms with Gasteiger partial charge in [0.25, 0.3) is 5.91 Å². The molecule has 0 radical (unpaired) electrons. The molecule has 1 aromatic heterocycles. The zero-order valence-electron chi connectivity index (χ0n) is 15.8. The summed E-state index contributed by atoms with van der Waals surface area (Å²) in [5.74, 6) is 0.149. The normalized spacial score (nSPS) is 19.4. The highest BCUT2D eigenvalue weighted by atomic mass is 19.1. The standard InChI is InChI=1S/C21H26FN3O2/c1-15-19(20(23-27-15)16-7-9-17(22)10-8-16)21(26)25-13-11-24(12-14-25)18-5-3-2-4-6-18/h7-10,18H,2-6,11-14H2,1H3. The van der Waals surface area contributed by atoms with Gasteiger partial charge in [0.2, 0.25) is 0 Å². The van der Waals surface area contributed by atoms with Crippen molar-refractivity contribution in [2.75, 3.05) is 26.2 Å². The molecular weight excluding hydrogens is 345 g/mol. The molecule has 27 heavy (non-hydrogen) atoms. The number of carbonyl (C=O) groups excluding carboxylic acids is 1. The van der Waals surface area contributed by atoms with Crippen molar-refractivity contribution in [1.29, 1.82) is 0 Å². The summed E-state index contributed by atoms with van der Waals surface area (Å²) in [5, 5.41) is 4.06. The summed E-state index contributed by atoms with van der Waals surface area (Å²) in [6, 6.07) is 6.69. The van der Waals surface area contributed by atoms with Crippen LogP contribution in [-0.4, -0.2) is 53.1 Å². The summed E-state index contributed by atoms with van der Waals surface area (Å²) in [6.45, 7) is 5.05. The number of aryl methyl sites for hydroxylation is 1. The highest BCUT2D eigenvalue weighted by molar-refractivity contribution is 6.00. The van der Waals surface area contributed by atoms with Crippen LogP contribution in [0.2, 0.25) is 0 Å². The molecule has 0 atom stereocenters. The minimum absolute atomic E-state index is 0.0450. The van der Waals surface area contributed by atoms with Crippen LogP contribution in [0.3, 0.4) is 0 Å². The Labute approximate surface area is 159 Å². The van der Waals surface area contributed by atoms with Gasteiger partial charge in [0, 0.05) is 37.8 Å². The third kappa shape index (κ3) is 3.76. The van der Waals surface area contributed by atoms with Crippen LogP contribution in [-0.2, 0) is 0 Å². The van der Waals surface area contributed by atoms with Crippen molar-refractivity contribution in [3.05, 3.63) is 41.4 Å². The smallest absolute Gasteiger partial charge is 0.259 e. The lowest BCUT2D eigenvalue weighted by Gasteiger charge is -2.40. The Kier molecular flexibility index (Phi) is 5.25. The zero-order chi connectivity index (χ0) is 18.8. The number of piperazine rings is 1. The SMILES string of the molecule is Cc1onc(-c2ccc(F)cc2)c1C(=O)N1CCN(C2CCCCC2)CC1. The van der Waals surface area contributed by atoms with Crippen molar-refractivity contribution >= 4 is 5.91 Å². The van der Waals surface area contributed by atoms with E-state index in [2.05, 4.69) is 10.1 Å². The predicted molar refractivity (Wildman–Crippen MR) is 101 cm³/mol. The maximum absolute atomic E-state index is 13.2. The third-order valence-corrected chi connectivity index (χ3v) is 5.89. The molecule has 2 aromatic rings. The minimum atomic E-state index is -0.314. The molecule has 0 spiro atoms. The topological polar surface area (TPSA) is 49.6 Å². The lowest BCUT2D eigenvalue weighted by Crippen LogP contribution is -2.52. The fraction of sp³-hybridized carbons (Fsp3) is 0.524. The van der Waals surface area contributed by atoms with E-state index < -0.39 is 0 Å². The van der Waals surface area contributed by atoms with Crippen LogP contribution < -0.4 is 0 Å². The lowest BCUT2D eigenvalue weighted by atomic mass is 9.94. The van der Waals surface area contributed by atoms with Gasteiger partial charge < -0.3 is 9.42 Å². The summed E-state index contributed by atoms with van der Waals surface area (Å²) < 4.78 is 18.5. The average molecular weight is 371 g/mol. The first-order chi connectivity index (χ1) is 13.1. The summed E-state index contributed by atoms with van der Waals surface area (Å²) in [4.78, 5) is 17.6. The molecule has 2 aliphatic rings. The van der Waals surface area contributed by atoms with Crippen molar-refractivity contribution in [2.45, 2.75) is 45.1 Å². The van der Waals surface area contributed by atoms with Crippen molar-refractivity contribution < 1.29 is 13.7 Å². The van der Waals surface area contributed by atoms with Crippen molar-refractivity contribution in [2.24, 2.45) is 0 Å². The van der Waals surface area contributed by atoms with E-state index in [0.717, 1.165) is 26.2 Å². The molecule has 1 saturated heterocycles. The van der Waals surface area contributed by atoms with Crippen LogP contribution in [0, 0.1) is 12.7 Å². The first kappa shape index (κ1) is 18.2. The van der Waals surface area contributed by atoms with E-state index in [4.69, 9.17) is 4.52 Å². The molecule has 1 aliphatic carbocycles. The Balaban J connectivity index is 1.47. The molecule has 0 bridgehead atoms. The minimum Gasteiger partial charge on any atom is -0.360 e. The van der Waals surface area contributed by atoms with Crippen molar-refractivity contribution in [3.63, 3.8) is 0 Å². The Morgan fingerprint density at radius 3 is 2.41 bits per heavy atom. The van der Waals surface area contributed by atoms with Gasteiger partial charge in [-0.25, -0.2) is 4.39 Å². The van der Waals surface area contributed by atoms with Crippen molar-refractivity contribution in [3.8, 4) is 11.3 Å². The predicted octanol–water partition coefficient (Wildman–Crippen LogP) is 3.88. The van der Waals surface area contributed by atoms with Crippen LogP contribution in [0.15, 0.2) is 28.8 Å². The van der Waals surface area contributed by atoms with Gasteiger partial charge in [-0.3, -0.25) is 9.69 Å². The van der Waals surface area contributed by atoms with Gasteiger partial charge in [-0.05, 0) is 44.0 Å². The second kappa shape index (κ2) is 7.80. The van der Waals surface area contributed by atoms with Crippen LogP contribution in [0.1, 0.15) is 48.2 Å². The van der Waals surface area contributed by atoms with Crippen LogP contribution in [0.5, 0.6) is 0 Å². The number of halogens is 1. The molecule has 0 N–H and O–H groups in total. The van der Waals surface area contributed by atoms with Crippen molar-refractivity contribution in [1.82, 2.24) is 15.0 Å². The Hall–Kier alpha value is -2.21. The van der Waals surface area contributed by atoms with Gasteiger partial charge in [0.15, 0.2) is 0 Å². The first-order valence-corrected chi connectivity index (χ1v) is 9.89. The molecule has 1 aromatic carbocycles. The van der Waals surface area contributed by atoms with Gasteiger partial charge in [0.1, 0.15) is 22.8 Å². The monoisotopic (exact) mass is 371 g/mol. The van der Waals surface area contributed by atoms with Gasteiger partial charge in [-0.1, -0.05) is 24.4 Å². The number of rotatable bonds is 3. The lowest BCUT2D eigenvalue weighted by molar-refractivity contribution is 0.0522. The van der Waals surface area contributed by atoms with Crippen LogP contribution >= 0.6 is 0 Å². The largest absolute Gasteiger partial charge is 0.360 e.